The molecule has 2 heterocycles. The van der Waals surface area contributed by atoms with Gasteiger partial charge in [0.25, 0.3) is 0 Å². The Morgan fingerprint density at radius 1 is 1.14 bits per heavy atom. The van der Waals surface area contributed by atoms with Gasteiger partial charge >= 0.3 is 6.09 Å². The number of piperidine rings is 1. The van der Waals surface area contributed by atoms with E-state index in [4.69, 9.17) is 14.7 Å². The van der Waals surface area contributed by atoms with Gasteiger partial charge < -0.3 is 19.3 Å². The highest BCUT2D eigenvalue weighted by molar-refractivity contribution is 5.68. The quantitative estimate of drug-likeness (QED) is 0.771. The first-order valence-corrected chi connectivity index (χ1v) is 10.2. The first-order chi connectivity index (χ1) is 13.4. The fourth-order valence-electron chi connectivity index (χ4n) is 3.88. The molecule has 1 amide bonds. The number of anilines is 1. The molecular formula is C22H31N3O3. The zero-order valence-electron chi connectivity index (χ0n) is 17.2. The van der Waals surface area contributed by atoms with E-state index in [0.717, 1.165) is 43.7 Å². The molecule has 1 aromatic rings. The molecule has 2 aliphatic rings. The van der Waals surface area contributed by atoms with Crippen LogP contribution in [-0.2, 0) is 4.74 Å². The zero-order chi connectivity index (χ0) is 20.1. The van der Waals surface area contributed by atoms with Crippen LogP contribution in [0.25, 0.3) is 0 Å². The Balaban J connectivity index is 1.49. The van der Waals surface area contributed by atoms with Crippen molar-refractivity contribution in [3.63, 3.8) is 0 Å². The lowest BCUT2D eigenvalue weighted by molar-refractivity contribution is 0.0126. The van der Waals surface area contributed by atoms with Crippen LogP contribution in [0.2, 0.25) is 0 Å². The van der Waals surface area contributed by atoms with Crippen molar-refractivity contribution in [3.8, 4) is 11.8 Å². The minimum atomic E-state index is -0.465. The fourth-order valence-corrected chi connectivity index (χ4v) is 3.88. The number of amides is 1. The van der Waals surface area contributed by atoms with E-state index >= 15 is 0 Å². The van der Waals surface area contributed by atoms with Gasteiger partial charge in [-0.3, -0.25) is 0 Å². The predicted molar refractivity (Wildman–Crippen MR) is 108 cm³/mol. The van der Waals surface area contributed by atoms with Crippen LogP contribution in [0.15, 0.2) is 24.3 Å². The summed E-state index contributed by atoms with van der Waals surface area (Å²) in [7, 11) is 0. The molecule has 0 saturated carbocycles. The smallest absolute Gasteiger partial charge is 0.410 e. The fraction of sp³-hybridized carbons (Fsp3) is 0.636. The number of hydrogen-bond acceptors (Lipinski definition) is 5. The van der Waals surface area contributed by atoms with Crippen LogP contribution in [0.1, 0.15) is 52.9 Å². The Morgan fingerprint density at radius 3 is 2.43 bits per heavy atom. The second-order valence-electron chi connectivity index (χ2n) is 8.63. The summed E-state index contributed by atoms with van der Waals surface area (Å²) in [5.74, 6) is 0.857. The third-order valence-corrected chi connectivity index (χ3v) is 5.27. The molecule has 0 aliphatic carbocycles. The summed E-state index contributed by atoms with van der Waals surface area (Å²) in [5, 5.41) is 9.00. The number of benzene rings is 1. The van der Waals surface area contributed by atoms with Crippen molar-refractivity contribution in [2.75, 3.05) is 24.5 Å². The van der Waals surface area contributed by atoms with E-state index < -0.39 is 5.60 Å². The molecule has 0 spiro atoms. The SMILES string of the molecule is CC(C)(C)OC(=O)N1CCC(Oc2ccc(N3CCC[C@H]3CC#N)cc2)CC1. The van der Waals surface area contributed by atoms with E-state index in [1.807, 2.05) is 32.9 Å². The van der Waals surface area contributed by atoms with Crippen molar-refractivity contribution in [2.24, 2.45) is 0 Å². The molecule has 0 unspecified atom stereocenters. The third-order valence-electron chi connectivity index (χ3n) is 5.27. The van der Waals surface area contributed by atoms with Crippen molar-refractivity contribution >= 4 is 11.8 Å². The Morgan fingerprint density at radius 2 is 1.82 bits per heavy atom. The summed E-state index contributed by atoms with van der Waals surface area (Å²) >= 11 is 0. The lowest BCUT2D eigenvalue weighted by atomic mass is 10.1. The average molecular weight is 386 g/mol. The van der Waals surface area contributed by atoms with E-state index in [9.17, 15) is 4.79 Å². The lowest BCUT2D eigenvalue weighted by Gasteiger charge is -2.33. The zero-order valence-corrected chi connectivity index (χ0v) is 17.2. The minimum Gasteiger partial charge on any atom is -0.490 e. The van der Waals surface area contributed by atoms with Crippen LogP contribution in [0.5, 0.6) is 5.75 Å². The van der Waals surface area contributed by atoms with Gasteiger partial charge in [-0.05, 0) is 57.9 Å². The molecule has 1 aromatic carbocycles. The van der Waals surface area contributed by atoms with Crippen molar-refractivity contribution in [3.05, 3.63) is 24.3 Å². The number of carbonyl (C=O) groups is 1. The van der Waals surface area contributed by atoms with Crippen molar-refractivity contribution in [1.29, 1.82) is 5.26 Å². The molecular weight excluding hydrogens is 354 g/mol. The standard InChI is InChI=1S/C22H31N3O3/c1-22(2,3)28-21(26)24-15-11-20(12-16-24)27-19-8-6-18(7-9-19)25-14-4-5-17(25)10-13-23/h6-9,17,20H,4-5,10-12,14-16H2,1-3H3/t17-/m0/s1. The van der Waals surface area contributed by atoms with E-state index in [0.29, 0.717) is 25.6 Å². The normalized spacial score (nSPS) is 20.7. The lowest BCUT2D eigenvalue weighted by Crippen LogP contribution is -2.44. The first-order valence-electron chi connectivity index (χ1n) is 10.2. The van der Waals surface area contributed by atoms with Crippen LogP contribution in [0.3, 0.4) is 0 Å². The summed E-state index contributed by atoms with van der Waals surface area (Å²) < 4.78 is 11.6. The average Bonchev–Trinajstić information content (AvgIpc) is 3.10. The van der Waals surface area contributed by atoms with Crippen molar-refractivity contribution in [2.45, 2.75) is 70.6 Å². The maximum absolute atomic E-state index is 12.2. The molecule has 0 radical (unpaired) electrons. The summed E-state index contributed by atoms with van der Waals surface area (Å²) in [6.45, 7) is 7.97. The van der Waals surface area contributed by atoms with Crippen molar-refractivity contribution < 1.29 is 14.3 Å². The van der Waals surface area contributed by atoms with Crippen LogP contribution in [-0.4, -0.2) is 48.4 Å². The monoisotopic (exact) mass is 385 g/mol. The molecule has 1 atom stereocenters. The number of ether oxygens (including phenoxy) is 2. The second kappa shape index (κ2) is 8.72. The van der Waals surface area contributed by atoms with Gasteiger partial charge in [0, 0.05) is 44.2 Å². The molecule has 2 aliphatic heterocycles. The van der Waals surface area contributed by atoms with E-state index in [1.165, 1.54) is 0 Å². The first kappa shape index (κ1) is 20.3. The van der Waals surface area contributed by atoms with E-state index in [2.05, 4.69) is 23.1 Å². The van der Waals surface area contributed by atoms with E-state index in [1.54, 1.807) is 4.90 Å². The summed E-state index contributed by atoms with van der Waals surface area (Å²) in [4.78, 5) is 16.2. The molecule has 152 valence electrons. The molecule has 3 rings (SSSR count). The van der Waals surface area contributed by atoms with Crippen molar-refractivity contribution in [1.82, 2.24) is 4.90 Å². The van der Waals surface area contributed by atoms with Gasteiger partial charge in [0.05, 0.1) is 12.5 Å². The van der Waals surface area contributed by atoms with Gasteiger partial charge in [0.15, 0.2) is 0 Å². The van der Waals surface area contributed by atoms with Gasteiger partial charge in [-0.2, -0.15) is 5.26 Å². The maximum atomic E-state index is 12.2. The minimum absolute atomic E-state index is 0.114. The number of carbonyl (C=O) groups excluding carboxylic acids is 1. The Labute approximate surface area is 168 Å². The number of nitriles is 1. The molecule has 28 heavy (non-hydrogen) atoms. The molecule has 2 fully saturated rings. The van der Waals surface area contributed by atoms with Gasteiger partial charge in [0.1, 0.15) is 17.5 Å². The number of nitrogens with zero attached hydrogens (tertiary/aromatic N) is 3. The molecule has 0 N–H and O–H groups in total. The summed E-state index contributed by atoms with van der Waals surface area (Å²) in [6.07, 6.45) is 4.28. The third kappa shape index (κ3) is 5.31. The van der Waals surface area contributed by atoms with Crippen LogP contribution < -0.4 is 9.64 Å². The van der Waals surface area contributed by atoms with Gasteiger partial charge in [-0.25, -0.2) is 4.79 Å². The van der Waals surface area contributed by atoms with Gasteiger partial charge in [-0.1, -0.05) is 0 Å². The van der Waals surface area contributed by atoms with Crippen LogP contribution in [0, 0.1) is 11.3 Å². The highest BCUT2D eigenvalue weighted by atomic mass is 16.6. The summed E-state index contributed by atoms with van der Waals surface area (Å²) in [5.41, 5.74) is 0.693. The van der Waals surface area contributed by atoms with Crippen LogP contribution in [0.4, 0.5) is 10.5 Å². The van der Waals surface area contributed by atoms with Crippen LogP contribution >= 0.6 is 0 Å². The Kier molecular flexibility index (Phi) is 6.33. The van der Waals surface area contributed by atoms with Gasteiger partial charge in [-0.15, -0.1) is 0 Å². The van der Waals surface area contributed by atoms with E-state index in [-0.39, 0.29) is 12.2 Å². The van der Waals surface area contributed by atoms with Gasteiger partial charge in [0.2, 0.25) is 0 Å². The Bertz CT molecular complexity index is 697. The highest BCUT2D eigenvalue weighted by Crippen LogP contribution is 2.29. The second-order valence-corrected chi connectivity index (χ2v) is 8.63. The highest BCUT2D eigenvalue weighted by Gasteiger charge is 2.28. The molecule has 6 nitrogen and oxygen atoms in total. The molecule has 0 aromatic heterocycles. The number of likely N-dealkylation sites (tertiary alicyclic amines) is 1. The number of hydrogen-bond donors (Lipinski definition) is 0. The topological polar surface area (TPSA) is 65.8 Å². The molecule has 2 saturated heterocycles. The number of rotatable bonds is 4. The molecule has 0 bridgehead atoms. The largest absolute Gasteiger partial charge is 0.490 e. The summed E-state index contributed by atoms with van der Waals surface area (Å²) in [6, 6.07) is 10.8. The molecule has 6 heteroatoms. The predicted octanol–water partition coefficient (Wildman–Crippen LogP) is 4.35. The maximum Gasteiger partial charge on any atom is 0.410 e. The Hall–Kier alpha value is -2.42.